The molecule has 0 aromatic heterocycles. The molecule has 94 valence electrons. The van der Waals surface area contributed by atoms with Gasteiger partial charge < -0.3 is 11.5 Å². The van der Waals surface area contributed by atoms with Crippen LogP contribution in [0.5, 0.6) is 0 Å². The van der Waals surface area contributed by atoms with Crippen molar-refractivity contribution in [2.24, 2.45) is 16.5 Å². The van der Waals surface area contributed by atoms with Crippen molar-refractivity contribution in [1.29, 1.82) is 0 Å². The predicted molar refractivity (Wildman–Crippen MR) is 75.3 cm³/mol. The number of amides is 1. The molecular weight excluding hydrogens is 246 g/mol. The smallest absolute Gasteiger partial charge is 0.276 e. The van der Waals surface area contributed by atoms with Gasteiger partial charge >= 0.3 is 0 Å². The molecule has 0 bridgehead atoms. The molecule has 0 fully saturated rings. The largest absolute Gasteiger partial charge is 0.370 e. The van der Waals surface area contributed by atoms with Crippen LogP contribution < -0.4 is 11.5 Å². The summed E-state index contributed by atoms with van der Waals surface area (Å²) >= 11 is 1.76. The molecule has 2 rings (SSSR count). The number of thioether (sulfide) groups is 1. The standard InChI is InChI=1S/C13H15N3OS/c1-8-3-2-4-9-7-10(5-6-18-11(8)9)12(17)16-13(14)15/h2-4,7H,5-6H2,1H3,(H4,14,15,16,17). The van der Waals surface area contributed by atoms with Crippen molar-refractivity contribution >= 4 is 29.7 Å². The molecule has 1 heterocycles. The van der Waals surface area contributed by atoms with E-state index in [4.69, 9.17) is 11.5 Å². The normalized spacial score (nSPS) is 14.2. The van der Waals surface area contributed by atoms with Gasteiger partial charge in [0.1, 0.15) is 0 Å². The first kappa shape index (κ1) is 12.7. The molecule has 5 heteroatoms. The number of guanidine groups is 1. The summed E-state index contributed by atoms with van der Waals surface area (Å²) in [5, 5.41) is 0. The highest BCUT2D eigenvalue weighted by atomic mass is 32.2. The van der Waals surface area contributed by atoms with Crippen LogP contribution in [0.2, 0.25) is 0 Å². The minimum Gasteiger partial charge on any atom is -0.370 e. The second-order valence-electron chi connectivity index (χ2n) is 4.10. The zero-order chi connectivity index (χ0) is 13.1. The summed E-state index contributed by atoms with van der Waals surface area (Å²) in [6.45, 7) is 2.07. The molecule has 0 saturated carbocycles. The minimum atomic E-state index is -0.343. The number of rotatable bonds is 1. The van der Waals surface area contributed by atoms with Gasteiger partial charge in [0.25, 0.3) is 5.91 Å². The van der Waals surface area contributed by atoms with Gasteiger partial charge in [0, 0.05) is 16.2 Å². The van der Waals surface area contributed by atoms with Gasteiger partial charge in [0.05, 0.1) is 0 Å². The lowest BCUT2D eigenvalue weighted by Gasteiger charge is -2.05. The van der Waals surface area contributed by atoms with E-state index >= 15 is 0 Å². The molecule has 0 saturated heterocycles. The third-order valence-corrected chi connectivity index (χ3v) is 3.95. The van der Waals surface area contributed by atoms with Gasteiger partial charge in [-0.15, -0.1) is 11.8 Å². The topological polar surface area (TPSA) is 81.5 Å². The number of hydrogen-bond donors (Lipinski definition) is 2. The van der Waals surface area contributed by atoms with Crippen molar-refractivity contribution < 1.29 is 4.79 Å². The molecule has 1 aromatic rings. The Labute approximate surface area is 110 Å². The molecule has 0 unspecified atom stereocenters. The zero-order valence-electron chi connectivity index (χ0n) is 10.1. The lowest BCUT2D eigenvalue weighted by molar-refractivity contribution is -0.114. The molecule has 0 radical (unpaired) electrons. The molecule has 4 nitrogen and oxygen atoms in total. The summed E-state index contributed by atoms with van der Waals surface area (Å²) in [4.78, 5) is 16.7. The van der Waals surface area contributed by atoms with Crippen LogP contribution in [0.25, 0.3) is 6.08 Å². The Morgan fingerprint density at radius 3 is 2.89 bits per heavy atom. The van der Waals surface area contributed by atoms with Crippen molar-refractivity contribution in [3.8, 4) is 0 Å². The van der Waals surface area contributed by atoms with Crippen LogP contribution in [0, 0.1) is 6.92 Å². The van der Waals surface area contributed by atoms with Crippen molar-refractivity contribution in [3.05, 3.63) is 34.9 Å². The minimum absolute atomic E-state index is 0.192. The van der Waals surface area contributed by atoms with Crippen LogP contribution in [-0.2, 0) is 4.79 Å². The van der Waals surface area contributed by atoms with E-state index in [1.54, 1.807) is 11.8 Å². The average Bonchev–Trinajstić information content (AvgIpc) is 2.51. The first-order chi connectivity index (χ1) is 8.58. The second kappa shape index (κ2) is 5.27. The van der Waals surface area contributed by atoms with Crippen LogP contribution in [-0.4, -0.2) is 17.6 Å². The number of fused-ring (bicyclic) bond motifs is 1. The number of nitrogens with zero attached hydrogens (tertiary/aromatic N) is 1. The molecule has 1 amide bonds. The highest BCUT2D eigenvalue weighted by Gasteiger charge is 2.15. The van der Waals surface area contributed by atoms with Crippen molar-refractivity contribution in [1.82, 2.24) is 0 Å². The third-order valence-electron chi connectivity index (χ3n) is 2.70. The molecular formula is C13H15N3OS. The van der Waals surface area contributed by atoms with E-state index in [0.29, 0.717) is 12.0 Å². The van der Waals surface area contributed by atoms with Crippen LogP contribution in [0.4, 0.5) is 0 Å². The number of hydrogen-bond acceptors (Lipinski definition) is 2. The Kier molecular flexibility index (Phi) is 3.72. The molecule has 1 aromatic carbocycles. The van der Waals surface area contributed by atoms with E-state index in [1.165, 1.54) is 10.5 Å². The average molecular weight is 261 g/mol. The zero-order valence-corrected chi connectivity index (χ0v) is 11.0. The van der Waals surface area contributed by atoms with E-state index in [1.807, 2.05) is 18.2 Å². The summed E-state index contributed by atoms with van der Waals surface area (Å²) in [5.74, 6) is 0.322. The van der Waals surface area contributed by atoms with Crippen molar-refractivity contribution in [2.45, 2.75) is 18.2 Å². The Morgan fingerprint density at radius 1 is 1.39 bits per heavy atom. The fourth-order valence-electron chi connectivity index (χ4n) is 1.87. The number of carbonyl (C=O) groups excluding carboxylic acids is 1. The number of benzene rings is 1. The predicted octanol–water partition coefficient (Wildman–Crippen LogP) is 1.67. The van der Waals surface area contributed by atoms with E-state index in [2.05, 4.69) is 18.0 Å². The second-order valence-corrected chi connectivity index (χ2v) is 5.21. The maximum atomic E-state index is 11.8. The molecule has 0 aliphatic carbocycles. The summed E-state index contributed by atoms with van der Waals surface area (Å²) in [6.07, 6.45) is 2.56. The van der Waals surface area contributed by atoms with Gasteiger partial charge in [-0.2, -0.15) is 4.99 Å². The lowest BCUT2D eigenvalue weighted by Crippen LogP contribution is -2.24. The first-order valence-electron chi connectivity index (χ1n) is 5.65. The van der Waals surface area contributed by atoms with Crippen molar-refractivity contribution in [3.63, 3.8) is 0 Å². The molecule has 1 aliphatic heterocycles. The number of nitrogens with two attached hydrogens (primary N) is 2. The van der Waals surface area contributed by atoms with Gasteiger partial charge in [-0.3, -0.25) is 4.79 Å². The maximum absolute atomic E-state index is 11.8. The molecule has 18 heavy (non-hydrogen) atoms. The van der Waals surface area contributed by atoms with Crippen LogP contribution in [0.1, 0.15) is 17.5 Å². The highest BCUT2D eigenvalue weighted by molar-refractivity contribution is 7.99. The number of aryl methyl sites for hydroxylation is 1. The SMILES string of the molecule is Cc1cccc2c1SCCC(C(=O)N=C(N)N)=C2. The molecule has 1 aliphatic rings. The van der Waals surface area contributed by atoms with Gasteiger partial charge in [-0.05, 0) is 30.5 Å². The van der Waals surface area contributed by atoms with E-state index < -0.39 is 0 Å². The van der Waals surface area contributed by atoms with E-state index in [-0.39, 0.29) is 11.9 Å². The van der Waals surface area contributed by atoms with E-state index in [9.17, 15) is 4.79 Å². The quantitative estimate of drug-likeness (QED) is 0.595. The van der Waals surface area contributed by atoms with Gasteiger partial charge in [-0.25, -0.2) is 0 Å². The summed E-state index contributed by atoms with van der Waals surface area (Å²) in [5.41, 5.74) is 13.4. The monoisotopic (exact) mass is 261 g/mol. The Bertz CT molecular complexity index is 545. The number of aliphatic imine (C=N–C) groups is 1. The lowest BCUT2D eigenvalue weighted by atomic mass is 10.1. The number of carbonyl (C=O) groups is 1. The fourth-order valence-corrected chi connectivity index (χ4v) is 2.98. The summed E-state index contributed by atoms with van der Waals surface area (Å²) < 4.78 is 0. The van der Waals surface area contributed by atoms with Crippen LogP contribution in [0.15, 0.2) is 33.7 Å². The first-order valence-corrected chi connectivity index (χ1v) is 6.63. The van der Waals surface area contributed by atoms with Crippen LogP contribution in [0.3, 0.4) is 0 Å². The van der Waals surface area contributed by atoms with Gasteiger partial charge in [0.2, 0.25) is 0 Å². The maximum Gasteiger partial charge on any atom is 0.276 e. The van der Waals surface area contributed by atoms with E-state index in [0.717, 1.165) is 11.3 Å². The molecule has 0 atom stereocenters. The Morgan fingerprint density at radius 2 is 2.17 bits per heavy atom. The molecule has 0 spiro atoms. The summed E-state index contributed by atoms with van der Waals surface area (Å²) in [6, 6.07) is 6.06. The highest BCUT2D eigenvalue weighted by Crippen LogP contribution is 2.33. The third kappa shape index (κ3) is 2.73. The fraction of sp³-hybridized carbons (Fsp3) is 0.231. The van der Waals surface area contributed by atoms with Gasteiger partial charge in [-0.1, -0.05) is 18.2 Å². The van der Waals surface area contributed by atoms with Crippen LogP contribution >= 0.6 is 11.8 Å². The molecule has 4 N–H and O–H groups in total. The Balaban J connectivity index is 2.40. The Hall–Kier alpha value is -1.75. The summed E-state index contributed by atoms with van der Waals surface area (Å²) in [7, 11) is 0. The van der Waals surface area contributed by atoms with Crippen molar-refractivity contribution in [2.75, 3.05) is 5.75 Å². The van der Waals surface area contributed by atoms with Gasteiger partial charge in [0.15, 0.2) is 5.96 Å².